The lowest BCUT2D eigenvalue weighted by molar-refractivity contribution is -0.908. The highest BCUT2D eigenvalue weighted by atomic mass is 16.5. The molecule has 0 amide bonds. The Morgan fingerprint density at radius 3 is 2.21 bits per heavy atom. The molecule has 5 aliphatic carbocycles. The van der Waals surface area contributed by atoms with Crippen molar-refractivity contribution in [3.05, 3.63) is 12.2 Å². The average Bonchev–Trinajstić information content (AvgIpc) is 3.33. The number of hydrogen-bond donors (Lipinski definition) is 2. The number of carbonyl (C=O) groups excluding carboxylic acids is 1. The molecule has 5 saturated carbocycles. The normalized spacial score (nSPS) is 52.3. The summed E-state index contributed by atoms with van der Waals surface area (Å²) in [6, 6.07) is 0. The van der Waals surface area contributed by atoms with Crippen LogP contribution in [0.15, 0.2) is 12.2 Å². The number of allylic oxidation sites excluding steroid dienone is 1. The van der Waals surface area contributed by atoms with Gasteiger partial charge in [0.2, 0.25) is 0 Å². The Bertz CT molecular complexity index is 1110. The van der Waals surface area contributed by atoms with Crippen molar-refractivity contribution in [3.8, 4) is 0 Å². The maximum absolute atomic E-state index is 13.4. The third-order valence-electron chi connectivity index (χ3n) is 16.3. The van der Waals surface area contributed by atoms with Crippen molar-refractivity contribution in [3.63, 3.8) is 0 Å². The molecule has 5 heteroatoms. The molecule has 43 heavy (non-hydrogen) atoms. The van der Waals surface area contributed by atoms with Crippen LogP contribution in [0, 0.1) is 56.7 Å². The molecule has 0 aromatic rings. The number of piperidine rings is 1. The van der Waals surface area contributed by atoms with Crippen molar-refractivity contribution in [1.29, 1.82) is 0 Å². The largest absolute Gasteiger partial charge is 0.458 e. The third kappa shape index (κ3) is 4.66. The number of ether oxygens (including phenoxy) is 1. The second-order valence-corrected chi connectivity index (χ2v) is 18.5. The Balaban J connectivity index is 1.22. The van der Waals surface area contributed by atoms with E-state index in [1.807, 2.05) is 0 Å². The second kappa shape index (κ2) is 10.6. The summed E-state index contributed by atoms with van der Waals surface area (Å²) in [5, 5.41) is 20.8. The van der Waals surface area contributed by atoms with Gasteiger partial charge in [0.15, 0.2) is 6.54 Å². The van der Waals surface area contributed by atoms with E-state index in [0.29, 0.717) is 58.1 Å². The summed E-state index contributed by atoms with van der Waals surface area (Å²) < 4.78 is 7.11. The van der Waals surface area contributed by atoms with E-state index in [4.69, 9.17) is 4.74 Å². The van der Waals surface area contributed by atoms with E-state index in [-0.39, 0.29) is 34.4 Å². The molecular weight excluding hydrogens is 534 g/mol. The molecule has 1 saturated heterocycles. The fourth-order valence-electron chi connectivity index (χ4n) is 13.6. The van der Waals surface area contributed by atoms with Gasteiger partial charge in [-0.15, -0.1) is 0 Å². The molecular formula is C38H64NO4+. The van der Waals surface area contributed by atoms with Crippen LogP contribution >= 0.6 is 0 Å². The zero-order valence-electron chi connectivity index (χ0n) is 28.7. The Morgan fingerprint density at radius 2 is 1.56 bits per heavy atom. The maximum atomic E-state index is 13.4. The first-order valence-corrected chi connectivity index (χ1v) is 18.0. The van der Waals surface area contributed by atoms with Crippen molar-refractivity contribution in [2.45, 2.75) is 131 Å². The molecule has 10 atom stereocenters. The first-order valence-electron chi connectivity index (χ1n) is 18.0. The lowest BCUT2D eigenvalue weighted by Crippen LogP contribution is -2.67. The highest BCUT2D eigenvalue weighted by Gasteiger charge is 2.71. The first kappa shape index (κ1) is 32.0. The summed E-state index contributed by atoms with van der Waals surface area (Å²) in [7, 11) is 2.15. The Labute approximate surface area is 262 Å². The molecule has 6 rings (SSSR count). The molecule has 0 spiro atoms. The summed E-state index contributed by atoms with van der Waals surface area (Å²) in [6.45, 7) is 22.0. The smallest absolute Gasteiger partial charge is 0.362 e. The van der Waals surface area contributed by atoms with Gasteiger partial charge in [-0.05, 0) is 122 Å². The van der Waals surface area contributed by atoms with Crippen LogP contribution in [0.3, 0.4) is 0 Å². The van der Waals surface area contributed by atoms with Crippen LogP contribution in [0.1, 0.15) is 119 Å². The number of hydrogen-bond acceptors (Lipinski definition) is 4. The summed E-state index contributed by atoms with van der Waals surface area (Å²) in [5.74, 6) is 3.00. The van der Waals surface area contributed by atoms with Gasteiger partial charge in [-0.25, -0.2) is 4.79 Å². The predicted octanol–water partition coefficient (Wildman–Crippen LogP) is 7.15. The zero-order chi connectivity index (χ0) is 31.2. The van der Waals surface area contributed by atoms with E-state index in [9.17, 15) is 15.0 Å². The van der Waals surface area contributed by atoms with Gasteiger partial charge in [0.05, 0.1) is 26.2 Å². The average molecular weight is 599 g/mol. The van der Waals surface area contributed by atoms with Gasteiger partial charge in [0, 0.05) is 24.9 Å². The van der Waals surface area contributed by atoms with Crippen LogP contribution in [0.5, 0.6) is 0 Å². The number of likely N-dealkylation sites (tertiary alicyclic amines) is 1. The molecule has 1 heterocycles. The van der Waals surface area contributed by atoms with Crippen LogP contribution in [0.25, 0.3) is 0 Å². The third-order valence-corrected chi connectivity index (χ3v) is 16.3. The molecule has 0 radical (unpaired) electrons. The molecule has 0 aromatic carbocycles. The fourth-order valence-corrected chi connectivity index (χ4v) is 13.6. The number of quaternary nitrogens is 1. The van der Waals surface area contributed by atoms with Crippen LogP contribution in [-0.4, -0.2) is 66.2 Å². The minimum absolute atomic E-state index is 0.0222. The van der Waals surface area contributed by atoms with Gasteiger partial charge in [-0.1, -0.05) is 46.8 Å². The quantitative estimate of drug-likeness (QED) is 0.200. The highest BCUT2D eigenvalue weighted by Crippen LogP contribution is 2.77. The van der Waals surface area contributed by atoms with Gasteiger partial charge < -0.3 is 19.4 Å². The number of aliphatic hydroxyl groups excluding tert-OH is 2. The molecule has 2 N–H and O–H groups in total. The Kier molecular flexibility index (Phi) is 7.87. The standard InChI is InChI=1S/C38H64NO4/c1-25(2)27-11-18-38(24-40)20-19-36(6)28(33(27)38)9-10-30-35(5)16-13-31(34(3,4)29(35)12-17-37(30,36)7)43-32(42)23-39(8)21-14-26(41)15-22-39/h26-31,33,40-41H,1,9-24H2,2-8H3/q+1/t26?,27-,28?,29?,30?,31-,33?,35-,36+,37+,38+,39?/m0/s1. The Morgan fingerprint density at radius 1 is 0.860 bits per heavy atom. The predicted molar refractivity (Wildman–Crippen MR) is 172 cm³/mol. The molecule has 6 aliphatic rings. The van der Waals surface area contributed by atoms with Crippen LogP contribution < -0.4 is 0 Å². The molecule has 244 valence electrons. The summed E-state index contributed by atoms with van der Waals surface area (Å²) >= 11 is 0. The lowest BCUT2D eigenvalue weighted by atomic mass is 9.32. The van der Waals surface area contributed by atoms with Gasteiger partial charge in [0.1, 0.15) is 6.10 Å². The lowest BCUT2D eigenvalue weighted by Gasteiger charge is -2.73. The maximum Gasteiger partial charge on any atom is 0.362 e. The van der Waals surface area contributed by atoms with E-state index in [0.717, 1.165) is 38.8 Å². The monoisotopic (exact) mass is 598 g/mol. The SMILES string of the molecule is C=C(C)[C@@H]1CC[C@]2(CO)CC[C@]3(C)C(CCC4[C@@]5(C)CC[C@H](OC(=O)C[N+]6(C)CCC(O)CC6)C(C)(C)C5CC[C@]43C)C12. The van der Waals surface area contributed by atoms with Crippen LogP contribution in [0.2, 0.25) is 0 Å². The van der Waals surface area contributed by atoms with E-state index in [2.05, 4.69) is 55.2 Å². The highest BCUT2D eigenvalue weighted by molar-refractivity contribution is 5.71. The summed E-state index contributed by atoms with van der Waals surface area (Å²) in [5.41, 5.74) is 2.24. The number of fused-ring (bicyclic) bond motifs is 7. The number of carbonyl (C=O) groups is 1. The van der Waals surface area contributed by atoms with E-state index >= 15 is 0 Å². The first-order chi connectivity index (χ1) is 20.1. The summed E-state index contributed by atoms with van der Waals surface area (Å²) in [4.78, 5) is 13.4. The van der Waals surface area contributed by atoms with Crippen LogP contribution in [0.4, 0.5) is 0 Å². The van der Waals surface area contributed by atoms with E-state index in [1.165, 1.54) is 56.9 Å². The zero-order valence-corrected chi connectivity index (χ0v) is 28.7. The fraction of sp³-hybridized carbons (Fsp3) is 0.921. The molecule has 0 aromatic heterocycles. The minimum atomic E-state index is -0.219. The Hall–Kier alpha value is -0.910. The number of aliphatic hydroxyl groups is 2. The van der Waals surface area contributed by atoms with Crippen molar-refractivity contribution in [1.82, 2.24) is 0 Å². The second-order valence-electron chi connectivity index (χ2n) is 18.5. The topological polar surface area (TPSA) is 66.8 Å². The van der Waals surface area contributed by atoms with Crippen LogP contribution in [-0.2, 0) is 9.53 Å². The number of likely N-dealkylation sites (N-methyl/N-ethyl adjacent to an activating group) is 1. The molecule has 6 fully saturated rings. The van der Waals surface area contributed by atoms with Gasteiger partial charge in [0.25, 0.3) is 0 Å². The molecule has 5 nitrogen and oxygen atoms in total. The van der Waals surface area contributed by atoms with E-state index in [1.54, 1.807) is 0 Å². The molecule has 1 aliphatic heterocycles. The number of esters is 1. The number of rotatable bonds is 5. The van der Waals surface area contributed by atoms with Gasteiger partial charge in [-0.2, -0.15) is 0 Å². The summed E-state index contributed by atoms with van der Waals surface area (Å²) in [6.07, 6.45) is 13.3. The van der Waals surface area contributed by atoms with Gasteiger partial charge >= 0.3 is 5.97 Å². The van der Waals surface area contributed by atoms with Gasteiger partial charge in [-0.3, -0.25) is 0 Å². The van der Waals surface area contributed by atoms with Crippen molar-refractivity contribution < 1.29 is 24.2 Å². The number of nitrogens with zero attached hydrogens (tertiary/aromatic N) is 1. The van der Waals surface area contributed by atoms with E-state index < -0.39 is 0 Å². The molecule has 4 unspecified atom stereocenters. The van der Waals surface area contributed by atoms with Crippen molar-refractivity contribution >= 4 is 5.97 Å². The molecule has 0 bridgehead atoms. The van der Waals surface area contributed by atoms with Crippen molar-refractivity contribution in [2.75, 3.05) is 33.3 Å². The minimum Gasteiger partial charge on any atom is -0.458 e. The van der Waals surface area contributed by atoms with Crippen molar-refractivity contribution in [2.24, 2.45) is 56.7 Å².